The van der Waals surface area contributed by atoms with Crippen molar-refractivity contribution in [2.45, 2.75) is 45.1 Å². The summed E-state index contributed by atoms with van der Waals surface area (Å²) in [6.45, 7) is 8.51. The molecule has 0 aliphatic heterocycles. The van der Waals surface area contributed by atoms with Crippen molar-refractivity contribution >= 4 is 33.3 Å². The predicted molar refractivity (Wildman–Crippen MR) is 115 cm³/mol. The lowest BCUT2D eigenvalue weighted by Gasteiger charge is -2.09. The topological polar surface area (TPSA) is 60.9 Å². The Morgan fingerprint density at radius 2 is 1.89 bits per heavy atom. The highest BCUT2D eigenvalue weighted by molar-refractivity contribution is 7.98. The molecule has 4 aromatic rings. The van der Waals surface area contributed by atoms with E-state index in [1.54, 1.807) is 15.9 Å². The number of hydrogen-bond acceptors (Lipinski definition) is 6. The monoisotopic (exact) mass is 411 g/mol. The molecule has 0 aliphatic rings. The number of benzene rings is 1. The van der Waals surface area contributed by atoms with E-state index >= 15 is 0 Å². The maximum atomic E-state index is 13.0. The fourth-order valence-electron chi connectivity index (χ4n) is 3.10. The summed E-state index contributed by atoms with van der Waals surface area (Å²) in [4.78, 5) is 24.4. The highest BCUT2D eigenvalue weighted by Crippen LogP contribution is 2.30. The third-order valence-electron chi connectivity index (χ3n) is 4.82. The van der Waals surface area contributed by atoms with Gasteiger partial charge in [-0.05, 0) is 45.4 Å². The van der Waals surface area contributed by atoms with Crippen LogP contribution < -0.4 is 5.56 Å². The largest absolute Gasteiger partial charge is 0.441 e. The van der Waals surface area contributed by atoms with E-state index < -0.39 is 0 Å². The molecule has 1 aromatic carbocycles. The van der Waals surface area contributed by atoms with Crippen molar-refractivity contribution in [1.29, 1.82) is 0 Å². The Hall–Kier alpha value is -2.38. The fraction of sp³-hybridized carbons (Fsp3) is 0.286. The number of nitrogens with zero attached hydrogens (tertiary/aromatic N) is 3. The standard InChI is InChI=1S/C21H21N3O2S2/c1-5-24-20(25)17-12(2)14(4)28-19(17)23-21(24)27-11-16-13(3)26-18(22-16)15-9-7-6-8-10-15/h6-10H,5,11H2,1-4H3. The summed E-state index contributed by atoms with van der Waals surface area (Å²) >= 11 is 3.11. The second-order valence-electron chi connectivity index (χ2n) is 6.58. The van der Waals surface area contributed by atoms with Crippen LogP contribution in [0.2, 0.25) is 0 Å². The lowest BCUT2D eigenvalue weighted by atomic mass is 10.2. The molecular formula is C21H21N3O2S2. The van der Waals surface area contributed by atoms with E-state index in [4.69, 9.17) is 9.40 Å². The summed E-state index contributed by atoms with van der Waals surface area (Å²) in [6.07, 6.45) is 0. The van der Waals surface area contributed by atoms with Crippen LogP contribution in [0.25, 0.3) is 21.7 Å². The molecule has 0 fully saturated rings. The minimum absolute atomic E-state index is 0.0405. The number of thiophene rings is 1. The van der Waals surface area contributed by atoms with Crippen LogP contribution in [-0.4, -0.2) is 14.5 Å². The molecule has 0 atom stereocenters. The van der Waals surface area contributed by atoms with Crippen molar-refractivity contribution in [3.63, 3.8) is 0 Å². The molecule has 0 N–H and O–H groups in total. The second-order valence-corrected chi connectivity index (χ2v) is 8.73. The summed E-state index contributed by atoms with van der Waals surface area (Å²) in [5.41, 5.74) is 2.91. The minimum Gasteiger partial charge on any atom is -0.441 e. The molecule has 5 nitrogen and oxygen atoms in total. The Kier molecular flexibility index (Phi) is 5.12. The summed E-state index contributed by atoms with van der Waals surface area (Å²) in [5.74, 6) is 2.01. The normalized spacial score (nSPS) is 11.4. The molecule has 4 rings (SSSR count). The molecule has 0 bridgehead atoms. The van der Waals surface area contributed by atoms with Crippen LogP contribution in [0.5, 0.6) is 0 Å². The number of aromatic nitrogens is 3. The number of fused-ring (bicyclic) bond motifs is 1. The number of aryl methyl sites for hydroxylation is 3. The molecule has 0 saturated heterocycles. The lowest BCUT2D eigenvalue weighted by Crippen LogP contribution is -2.22. The number of rotatable bonds is 5. The van der Waals surface area contributed by atoms with E-state index in [1.165, 1.54) is 11.8 Å². The maximum absolute atomic E-state index is 13.0. The van der Waals surface area contributed by atoms with Crippen LogP contribution in [0.4, 0.5) is 0 Å². The number of oxazole rings is 1. The molecule has 3 heterocycles. The van der Waals surface area contributed by atoms with E-state index in [1.807, 2.05) is 58.0 Å². The molecule has 0 aliphatic carbocycles. The van der Waals surface area contributed by atoms with Crippen LogP contribution in [-0.2, 0) is 12.3 Å². The van der Waals surface area contributed by atoms with Gasteiger partial charge in [-0.25, -0.2) is 9.97 Å². The first kappa shape index (κ1) is 19.0. The Bertz CT molecular complexity index is 1210. The second kappa shape index (κ2) is 7.56. The number of thioether (sulfide) groups is 1. The SMILES string of the molecule is CCn1c(SCc2nc(-c3ccccc3)oc2C)nc2sc(C)c(C)c2c1=O. The van der Waals surface area contributed by atoms with Gasteiger partial charge in [0.1, 0.15) is 10.6 Å². The van der Waals surface area contributed by atoms with Crippen molar-refractivity contribution in [2.24, 2.45) is 0 Å². The summed E-state index contributed by atoms with van der Waals surface area (Å²) < 4.78 is 7.60. The summed E-state index contributed by atoms with van der Waals surface area (Å²) in [6, 6.07) is 9.86. The molecule has 0 radical (unpaired) electrons. The quantitative estimate of drug-likeness (QED) is 0.327. The van der Waals surface area contributed by atoms with Gasteiger partial charge in [0.2, 0.25) is 5.89 Å². The van der Waals surface area contributed by atoms with E-state index in [2.05, 4.69) is 4.98 Å². The van der Waals surface area contributed by atoms with Gasteiger partial charge in [0, 0.05) is 22.7 Å². The van der Waals surface area contributed by atoms with Gasteiger partial charge in [-0.1, -0.05) is 30.0 Å². The van der Waals surface area contributed by atoms with Gasteiger partial charge >= 0.3 is 0 Å². The van der Waals surface area contributed by atoms with Crippen molar-refractivity contribution in [2.75, 3.05) is 0 Å². The zero-order chi connectivity index (χ0) is 19.8. The maximum Gasteiger partial charge on any atom is 0.263 e. The average Bonchev–Trinajstić information content (AvgIpc) is 3.20. The molecule has 0 saturated carbocycles. The van der Waals surface area contributed by atoms with Gasteiger partial charge in [-0.15, -0.1) is 11.3 Å². The Balaban J connectivity index is 1.66. The third-order valence-corrected chi connectivity index (χ3v) is 6.91. The molecule has 7 heteroatoms. The molecule has 0 unspecified atom stereocenters. The van der Waals surface area contributed by atoms with Crippen molar-refractivity contribution in [3.8, 4) is 11.5 Å². The van der Waals surface area contributed by atoms with Gasteiger partial charge in [0.05, 0.1) is 11.1 Å². The Morgan fingerprint density at radius 1 is 1.14 bits per heavy atom. The Morgan fingerprint density at radius 3 is 2.61 bits per heavy atom. The average molecular weight is 412 g/mol. The first-order valence-electron chi connectivity index (χ1n) is 9.14. The van der Waals surface area contributed by atoms with Gasteiger partial charge < -0.3 is 4.42 Å². The number of hydrogen-bond donors (Lipinski definition) is 0. The molecule has 144 valence electrons. The molecule has 0 amide bonds. The van der Waals surface area contributed by atoms with Crippen LogP contribution in [0.3, 0.4) is 0 Å². The first-order chi connectivity index (χ1) is 13.5. The van der Waals surface area contributed by atoms with Crippen LogP contribution in [0.1, 0.15) is 28.8 Å². The van der Waals surface area contributed by atoms with Crippen LogP contribution in [0.15, 0.2) is 44.7 Å². The van der Waals surface area contributed by atoms with Gasteiger partial charge in [0.25, 0.3) is 5.56 Å². The molecular weight excluding hydrogens is 390 g/mol. The third kappa shape index (κ3) is 3.29. The van der Waals surface area contributed by atoms with E-state index in [0.29, 0.717) is 18.2 Å². The van der Waals surface area contributed by atoms with E-state index in [9.17, 15) is 4.79 Å². The highest BCUT2D eigenvalue weighted by Gasteiger charge is 2.18. The van der Waals surface area contributed by atoms with Crippen molar-refractivity contribution in [1.82, 2.24) is 14.5 Å². The predicted octanol–water partition coefficient (Wildman–Crippen LogP) is 5.35. The molecule has 0 spiro atoms. The zero-order valence-corrected chi connectivity index (χ0v) is 17.9. The first-order valence-corrected chi connectivity index (χ1v) is 10.9. The Labute approximate surface area is 171 Å². The fourth-order valence-corrected chi connectivity index (χ4v) is 5.23. The van der Waals surface area contributed by atoms with Gasteiger partial charge in [-0.2, -0.15) is 0 Å². The summed E-state index contributed by atoms with van der Waals surface area (Å²) in [7, 11) is 0. The van der Waals surface area contributed by atoms with Gasteiger partial charge in [0.15, 0.2) is 5.16 Å². The molecule has 3 aromatic heterocycles. The van der Waals surface area contributed by atoms with E-state index in [0.717, 1.165) is 42.8 Å². The van der Waals surface area contributed by atoms with Gasteiger partial charge in [-0.3, -0.25) is 9.36 Å². The molecule has 28 heavy (non-hydrogen) atoms. The van der Waals surface area contributed by atoms with E-state index in [-0.39, 0.29) is 5.56 Å². The van der Waals surface area contributed by atoms with Crippen LogP contribution in [0, 0.1) is 20.8 Å². The van der Waals surface area contributed by atoms with Crippen molar-refractivity contribution in [3.05, 3.63) is 62.6 Å². The lowest BCUT2D eigenvalue weighted by molar-refractivity contribution is 0.540. The summed E-state index contributed by atoms with van der Waals surface area (Å²) in [5, 5.41) is 1.47. The van der Waals surface area contributed by atoms with Crippen LogP contribution >= 0.6 is 23.1 Å². The minimum atomic E-state index is 0.0405. The highest BCUT2D eigenvalue weighted by atomic mass is 32.2. The van der Waals surface area contributed by atoms with Crippen molar-refractivity contribution < 1.29 is 4.42 Å². The zero-order valence-electron chi connectivity index (χ0n) is 16.3. The smallest absolute Gasteiger partial charge is 0.263 e.